The highest BCUT2D eigenvalue weighted by Gasteiger charge is 2.32. The van der Waals surface area contributed by atoms with E-state index in [1.165, 1.54) is 44.4 Å². The smallest absolute Gasteiger partial charge is 0.273 e. The van der Waals surface area contributed by atoms with Crippen molar-refractivity contribution in [2.45, 2.75) is 37.1 Å². The molecule has 1 amide bonds. The maximum absolute atomic E-state index is 13.8. The number of rotatable bonds is 8. The zero-order valence-electron chi connectivity index (χ0n) is 20.3. The first kappa shape index (κ1) is 26.4. The first-order chi connectivity index (χ1) is 17.6. The van der Waals surface area contributed by atoms with Crippen molar-refractivity contribution in [3.8, 4) is 5.75 Å². The summed E-state index contributed by atoms with van der Waals surface area (Å²) in [7, 11) is -3.07. The van der Waals surface area contributed by atoms with Crippen LogP contribution < -0.4 is 14.4 Å². The number of nitro benzene ring substituents is 1. The van der Waals surface area contributed by atoms with Crippen LogP contribution in [0.2, 0.25) is 5.02 Å². The number of nitro groups is 1. The van der Waals surface area contributed by atoms with Crippen LogP contribution in [0.3, 0.4) is 0 Å². The molecule has 37 heavy (non-hydrogen) atoms. The predicted molar refractivity (Wildman–Crippen MR) is 141 cm³/mol. The van der Waals surface area contributed by atoms with Crippen molar-refractivity contribution in [2.24, 2.45) is 0 Å². The third-order valence-electron chi connectivity index (χ3n) is 6.37. The number of fused-ring (bicyclic) bond motifs is 1. The van der Waals surface area contributed by atoms with E-state index in [9.17, 15) is 23.3 Å². The molecule has 0 bridgehead atoms. The van der Waals surface area contributed by atoms with E-state index in [1.807, 2.05) is 24.3 Å². The Bertz CT molecular complexity index is 1460. The van der Waals surface area contributed by atoms with Crippen LogP contribution in [-0.2, 0) is 21.2 Å². The number of amides is 1. The molecule has 0 saturated carbocycles. The lowest BCUT2D eigenvalue weighted by atomic mass is 9.88. The monoisotopic (exact) mass is 543 g/mol. The Balaban J connectivity index is 1.74. The first-order valence-corrected chi connectivity index (χ1v) is 13.4. The van der Waals surface area contributed by atoms with Gasteiger partial charge in [0.05, 0.1) is 28.7 Å². The fourth-order valence-corrected chi connectivity index (χ4v) is 6.12. The Kier molecular flexibility index (Phi) is 7.70. The molecule has 1 aliphatic carbocycles. The molecule has 0 radical (unpaired) electrons. The van der Waals surface area contributed by atoms with Crippen molar-refractivity contribution >= 4 is 38.9 Å². The average molecular weight is 544 g/mol. The molecule has 0 fully saturated rings. The van der Waals surface area contributed by atoms with Crippen molar-refractivity contribution in [1.82, 2.24) is 5.32 Å². The summed E-state index contributed by atoms with van der Waals surface area (Å²) in [4.78, 5) is 23.8. The van der Waals surface area contributed by atoms with Crippen LogP contribution >= 0.6 is 11.6 Å². The number of halogens is 1. The molecule has 4 rings (SSSR count). The third kappa shape index (κ3) is 5.55. The van der Waals surface area contributed by atoms with Crippen molar-refractivity contribution in [3.63, 3.8) is 0 Å². The SMILES string of the molecule is COc1ccc(Cl)cc1N(CC(=O)N[C@@H]1CCCc2ccccc21)S(=O)(=O)c1ccc(C)c([N+](=O)[O-])c1. The van der Waals surface area contributed by atoms with Gasteiger partial charge in [-0.05, 0) is 61.6 Å². The van der Waals surface area contributed by atoms with E-state index in [-0.39, 0.29) is 33.1 Å². The standard InChI is InChI=1S/C26H26ClN3O6S/c1-17-10-12-20(15-23(17)30(32)33)37(34,35)29(24-14-19(27)11-13-25(24)36-2)16-26(31)28-22-9-5-7-18-6-3-4-8-21(18)22/h3-4,6,8,10-15,22H,5,7,9,16H2,1-2H3,(H,28,31)/t22-/m1/s1. The number of carbonyl (C=O) groups excluding carboxylic acids is 1. The van der Waals surface area contributed by atoms with Crippen LogP contribution in [0.1, 0.15) is 35.6 Å². The van der Waals surface area contributed by atoms with Gasteiger partial charge in [-0.3, -0.25) is 19.2 Å². The zero-order chi connectivity index (χ0) is 26.7. The summed E-state index contributed by atoms with van der Waals surface area (Å²) >= 11 is 6.18. The maximum atomic E-state index is 13.8. The largest absolute Gasteiger partial charge is 0.495 e. The number of sulfonamides is 1. The number of nitrogens with zero attached hydrogens (tertiary/aromatic N) is 2. The number of ether oxygens (including phenoxy) is 1. The van der Waals surface area contributed by atoms with Crippen molar-refractivity contribution in [2.75, 3.05) is 18.0 Å². The van der Waals surface area contributed by atoms with Crippen molar-refractivity contribution in [3.05, 3.63) is 92.5 Å². The van der Waals surface area contributed by atoms with Crippen molar-refractivity contribution < 1.29 is 22.9 Å². The normalized spacial score (nSPS) is 14.9. The Hall–Kier alpha value is -3.63. The predicted octanol–water partition coefficient (Wildman–Crippen LogP) is 4.95. The average Bonchev–Trinajstić information content (AvgIpc) is 2.87. The second kappa shape index (κ2) is 10.8. The third-order valence-corrected chi connectivity index (χ3v) is 8.36. The summed E-state index contributed by atoms with van der Waals surface area (Å²) in [6.07, 6.45) is 2.52. The topological polar surface area (TPSA) is 119 Å². The molecule has 11 heteroatoms. The molecular formula is C26H26ClN3O6S. The Morgan fingerprint density at radius 2 is 1.95 bits per heavy atom. The van der Waals surface area contributed by atoms with E-state index in [1.54, 1.807) is 0 Å². The van der Waals surface area contributed by atoms with Gasteiger partial charge in [-0.15, -0.1) is 0 Å². The van der Waals surface area contributed by atoms with Crippen molar-refractivity contribution in [1.29, 1.82) is 0 Å². The molecule has 3 aromatic carbocycles. The minimum Gasteiger partial charge on any atom is -0.495 e. The Morgan fingerprint density at radius 3 is 2.68 bits per heavy atom. The lowest BCUT2D eigenvalue weighted by Gasteiger charge is -2.29. The number of carbonyl (C=O) groups is 1. The van der Waals surface area contributed by atoms with Crippen LogP contribution in [0.5, 0.6) is 5.75 Å². The van der Waals surface area contributed by atoms with Gasteiger partial charge < -0.3 is 10.1 Å². The molecule has 1 atom stereocenters. The van der Waals surface area contributed by atoms with Crippen LogP contribution in [-0.4, -0.2) is 32.9 Å². The molecule has 0 aliphatic heterocycles. The molecule has 0 aromatic heterocycles. The molecule has 1 aliphatic rings. The fraction of sp³-hybridized carbons (Fsp3) is 0.269. The number of nitrogens with one attached hydrogen (secondary N) is 1. The van der Waals surface area contributed by atoms with Crippen LogP contribution in [0.4, 0.5) is 11.4 Å². The van der Waals surface area contributed by atoms with Gasteiger partial charge in [-0.2, -0.15) is 0 Å². The number of anilines is 1. The summed E-state index contributed by atoms with van der Waals surface area (Å²) in [6, 6.07) is 15.6. The number of benzene rings is 3. The molecular weight excluding hydrogens is 518 g/mol. The van der Waals surface area contributed by atoms with Gasteiger partial charge in [0.15, 0.2) is 0 Å². The summed E-state index contributed by atoms with van der Waals surface area (Å²) in [5.41, 5.74) is 2.15. The molecule has 9 nitrogen and oxygen atoms in total. The summed E-state index contributed by atoms with van der Waals surface area (Å²) < 4.78 is 33.9. The van der Waals surface area contributed by atoms with E-state index >= 15 is 0 Å². The van der Waals surface area contributed by atoms with Crippen LogP contribution in [0.25, 0.3) is 0 Å². The molecule has 3 aromatic rings. The van der Waals surface area contributed by atoms with Gasteiger partial charge in [0.25, 0.3) is 15.7 Å². The highest BCUT2D eigenvalue weighted by molar-refractivity contribution is 7.92. The molecule has 0 saturated heterocycles. The number of hydrogen-bond donors (Lipinski definition) is 1. The molecule has 1 N–H and O–H groups in total. The van der Waals surface area contributed by atoms with Gasteiger partial charge in [0.1, 0.15) is 12.3 Å². The van der Waals surface area contributed by atoms with Gasteiger partial charge in [-0.1, -0.05) is 41.9 Å². The molecule has 0 spiro atoms. The van der Waals surface area contributed by atoms with Gasteiger partial charge in [-0.25, -0.2) is 8.42 Å². The summed E-state index contributed by atoms with van der Waals surface area (Å²) in [5, 5.41) is 14.7. The lowest BCUT2D eigenvalue weighted by Crippen LogP contribution is -2.42. The van der Waals surface area contributed by atoms with E-state index in [2.05, 4.69) is 5.32 Å². The number of hydrogen-bond acceptors (Lipinski definition) is 6. The minimum absolute atomic E-state index is 0.0393. The lowest BCUT2D eigenvalue weighted by molar-refractivity contribution is -0.385. The van der Waals surface area contributed by atoms with E-state index < -0.39 is 27.4 Å². The van der Waals surface area contributed by atoms with Gasteiger partial charge >= 0.3 is 0 Å². The van der Waals surface area contributed by atoms with Gasteiger partial charge in [0, 0.05) is 16.7 Å². The van der Waals surface area contributed by atoms with Gasteiger partial charge in [0.2, 0.25) is 5.91 Å². The second-order valence-electron chi connectivity index (χ2n) is 8.74. The minimum atomic E-state index is -4.44. The van der Waals surface area contributed by atoms with Crippen LogP contribution in [0, 0.1) is 17.0 Å². The summed E-state index contributed by atoms with van der Waals surface area (Å²) in [5.74, 6) is -0.362. The first-order valence-electron chi connectivity index (χ1n) is 11.6. The fourth-order valence-electron chi connectivity index (χ4n) is 4.51. The number of methoxy groups -OCH3 is 1. The maximum Gasteiger partial charge on any atom is 0.273 e. The van der Waals surface area contributed by atoms with E-state index in [4.69, 9.17) is 16.3 Å². The van der Waals surface area contributed by atoms with Crippen LogP contribution in [0.15, 0.2) is 65.6 Å². The molecule has 0 heterocycles. The highest BCUT2D eigenvalue weighted by Crippen LogP contribution is 2.36. The van der Waals surface area contributed by atoms with E-state index in [0.29, 0.717) is 5.56 Å². The second-order valence-corrected chi connectivity index (χ2v) is 11.0. The molecule has 194 valence electrons. The molecule has 0 unspecified atom stereocenters. The number of aryl methyl sites for hydroxylation is 2. The zero-order valence-corrected chi connectivity index (χ0v) is 21.9. The summed E-state index contributed by atoms with van der Waals surface area (Å²) in [6.45, 7) is 0.932. The Morgan fingerprint density at radius 1 is 1.19 bits per heavy atom. The Labute approximate surface area is 220 Å². The van der Waals surface area contributed by atoms with E-state index in [0.717, 1.165) is 40.8 Å². The quantitative estimate of drug-likeness (QED) is 0.317. The highest BCUT2D eigenvalue weighted by atomic mass is 35.5.